The van der Waals surface area contributed by atoms with E-state index in [9.17, 15) is 5.11 Å². The predicted molar refractivity (Wildman–Crippen MR) is 77.7 cm³/mol. The first-order chi connectivity index (χ1) is 9.70. The molecule has 4 nitrogen and oxygen atoms in total. The first-order valence-electron chi connectivity index (χ1n) is 6.32. The maximum atomic E-state index is 9.49. The van der Waals surface area contributed by atoms with E-state index in [4.69, 9.17) is 10.00 Å². The van der Waals surface area contributed by atoms with Crippen LogP contribution in [0.5, 0.6) is 11.5 Å². The Labute approximate surface area is 118 Å². The van der Waals surface area contributed by atoms with Crippen LogP contribution in [0, 0.1) is 18.3 Å². The van der Waals surface area contributed by atoms with Gasteiger partial charge >= 0.3 is 0 Å². The number of para-hydroxylation sites is 1. The minimum atomic E-state index is 0.0370. The van der Waals surface area contributed by atoms with Crippen LogP contribution < -0.4 is 10.1 Å². The number of phenols is 1. The maximum absolute atomic E-state index is 9.49. The Kier molecular flexibility index (Phi) is 4.46. The Morgan fingerprint density at radius 2 is 2.05 bits per heavy atom. The lowest BCUT2D eigenvalue weighted by molar-refractivity contribution is 0.364. The van der Waals surface area contributed by atoms with Crippen LogP contribution in [0.15, 0.2) is 42.5 Å². The van der Waals surface area contributed by atoms with Crippen LogP contribution in [0.2, 0.25) is 0 Å². The van der Waals surface area contributed by atoms with Crippen LogP contribution in [-0.4, -0.2) is 11.7 Å². The Morgan fingerprint density at radius 1 is 1.25 bits per heavy atom. The van der Waals surface area contributed by atoms with Crippen LogP contribution in [0.1, 0.15) is 11.1 Å². The van der Waals surface area contributed by atoms with Crippen molar-refractivity contribution in [1.29, 1.82) is 5.26 Å². The fourth-order valence-electron chi connectivity index (χ4n) is 1.86. The summed E-state index contributed by atoms with van der Waals surface area (Å²) in [7, 11) is 0. The maximum Gasteiger partial charge on any atom is 0.174 e. The number of aromatic hydroxyl groups is 1. The number of hydrogen-bond acceptors (Lipinski definition) is 4. The second-order valence-electron chi connectivity index (χ2n) is 4.41. The number of anilines is 1. The van der Waals surface area contributed by atoms with Crippen molar-refractivity contribution in [1.82, 2.24) is 0 Å². The second kappa shape index (κ2) is 6.48. The monoisotopic (exact) mass is 268 g/mol. The highest BCUT2D eigenvalue weighted by molar-refractivity contribution is 5.51. The van der Waals surface area contributed by atoms with E-state index >= 15 is 0 Å². The fraction of sp³-hybridized carbons (Fsp3) is 0.188. The zero-order valence-corrected chi connectivity index (χ0v) is 11.3. The van der Waals surface area contributed by atoms with E-state index in [1.807, 2.05) is 49.4 Å². The van der Waals surface area contributed by atoms with Crippen LogP contribution in [-0.2, 0) is 6.54 Å². The van der Waals surface area contributed by atoms with Crippen molar-refractivity contribution in [3.05, 3.63) is 53.6 Å². The summed E-state index contributed by atoms with van der Waals surface area (Å²) in [6.07, 6.45) is 0. The van der Waals surface area contributed by atoms with Crippen LogP contribution in [0.25, 0.3) is 0 Å². The highest BCUT2D eigenvalue weighted by Gasteiger charge is 2.03. The molecule has 0 saturated carbocycles. The number of rotatable bonds is 5. The van der Waals surface area contributed by atoms with Gasteiger partial charge < -0.3 is 15.2 Å². The van der Waals surface area contributed by atoms with Gasteiger partial charge in [-0.05, 0) is 36.8 Å². The van der Waals surface area contributed by atoms with Gasteiger partial charge in [0.25, 0.3) is 0 Å². The molecule has 0 unspecified atom stereocenters. The molecule has 102 valence electrons. The highest BCUT2D eigenvalue weighted by atomic mass is 16.5. The van der Waals surface area contributed by atoms with Crippen molar-refractivity contribution in [3.8, 4) is 17.6 Å². The lowest BCUT2D eigenvalue weighted by atomic mass is 10.1. The molecule has 0 aromatic heterocycles. The van der Waals surface area contributed by atoms with Crippen LogP contribution >= 0.6 is 0 Å². The fourth-order valence-corrected chi connectivity index (χ4v) is 1.86. The molecule has 0 amide bonds. The molecule has 0 aliphatic rings. The molecule has 0 saturated heterocycles. The Balaban J connectivity index is 2.06. The smallest absolute Gasteiger partial charge is 0.174 e. The van der Waals surface area contributed by atoms with Gasteiger partial charge in [0.05, 0.1) is 0 Å². The molecular formula is C16H16N2O2. The second-order valence-corrected chi connectivity index (χ2v) is 4.41. The van der Waals surface area contributed by atoms with Crippen molar-refractivity contribution in [2.75, 3.05) is 11.9 Å². The number of nitrogens with zero attached hydrogens (tertiary/aromatic N) is 1. The van der Waals surface area contributed by atoms with Gasteiger partial charge in [-0.3, -0.25) is 0 Å². The van der Waals surface area contributed by atoms with Crippen molar-refractivity contribution in [3.63, 3.8) is 0 Å². The Hall–Kier alpha value is -2.67. The van der Waals surface area contributed by atoms with Crippen LogP contribution in [0.3, 0.4) is 0 Å². The molecule has 0 aliphatic heterocycles. The highest BCUT2D eigenvalue weighted by Crippen LogP contribution is 2.22. The third-order valence-electron chi connectivity index (χ3n) is 2.94. The molecule has 2 aromatic rings. The van der Waals surface area contributed by atoms with E-state index in [1.54, 1.807) is 6.07 Å². The van der Waals surface area contributed by atoms with E-state index in [-0.39, 0.29) is 12.4 Å². The van der Waals surface area contributed by atoms with Gasteiger partial charge in [0.2, 0.25) is 0 Å². The standard InChI is InChI=1S/C16H16N2O2/c1-12-10-14(6-7-15(12)19)18-11-13-4-2-3-5-16(13)20-9-8-17/h2-7,10,18-19H,9,11H2,1H3. The van der Waals surface area contributed by atoms with Gasteiger partial charge in [0.1, 0.15) is 17.6 Å². The molecule has 0 aliphatic carbocycles. The molecular weight excluding hydrogens is 252 g/mol. The normalized spacial score (nSPS) is 9.80. The summed E-state index contributed by atoms with van der Waals surface area (Å²) < 4.78 is 5.38. The SMILES string of the molecule is Cc1cc(NCc2ccccc2OCC#N)ccc1O. The number of hydrogen-bond donors (Lipinski definition) is 2. The summed E-state index contributed by atoms with van der Waals surface area (Å²) in [4.78, 5) is 0. The van der Waals surface area contributed by atoms with Gasteiger partial charge in [-0.1, -0.05) is 18.2 Å². The number of benzene rings is 2. The average Bonchev–Trinajstić information content (AvgIpc) is 2.47. The summed E-state index contributed by atoms with van der Waals surface area (Å²) in [6.45, 7) is 2.48. The van der Waals surface area contributed by atoms with Gasteiger partial charge in [-0.2, -0.15) is 5.26 Å². The molecule has 0 atom stereocenters. The Bertz CT molecular complexity index is 633. The molecule has 2 N–H and O–H groups in total. The zero-order chi connectivity index (χ0) is 14.4. The molecule has 2 rings (SSSR count). The van der Waals surface area contributed by atoms with E-state index in [2.05, 4.69) is 5.32 Å². The quantitative estimate of drug-likeness (QED) is 0.817. The molecule has 0 fully saturated rings. The first kappa shape index (κ1) is 13.8. The number of nitrogens with one attached hydrogen (secondary N) is 1. The third kappa shape index (κ3) is 3.42. The summed E-state index contributed by atoms with van der Waals surface area (Å²) in [6, 6.07) is 14.9. The zero-order valence-electron chi connectivity index (χ0n) is 11.3. The van der Waals surface area contributed by atoms with Crippen molar-refractivity contribution >= 4 is 5.69 Å². The topological polar surface area (TPSA) is 65.3 Å². The Morgan fingerprint density at radius 3 is 2.80 bits per heavy atom. The van der Waals surface area contributed by atoms with Crippen LogP contribution in [0.4, 0.5) is 5.69 Å². The number of aryl methyl sites for hydroxylation is 1. The average molecular weight is 268 g/mol. The van der Waals surface area contributed by atoms with Crippen molar-refractivity contribution < 1.29 is 9.84 Å². The minimum Gasteiger partial charge on any atom is -0.508 e. The summed E-state index contributed by atoms with van der Waals surface area (Å²) in [5, 5.41) is 21.3. The molecule has 2 aromatic carbocycles. The van der Waals surface area contributed by atoms with Crippen molar-refractivity contribution in [2.24, 2.45) is 0 Å². The van der Waals surface area contributed by atoms with Gasteiger partial charge in [0.15, 0.2) is 6.61 Å². The molecule has 0 spiro atoms. The minimum absolute atomic E-state index is 0.0370. The lowest BCUT2D eigenvalue weighted by Crippen LogP contribution is -2.03. The van der Waals surface area contributed by atoms with Gasteiger partial charge in [-0.25, -0.2) is 0 Å². The van der Waals surface area contributed by atoms with Gasteiger partial charge in [0, 0.05) is 17.8 Å². The molecule has 0 bridgehead atoms. The first-order valence-corrected chi connectivity index (χ1v) is 6.32. The molecule has 20 heavy (non-hydrogen) atoms. The van der Waals surface area contributed by atoms with E-state index in [0.717, 1.165) is 16.8 Å². The summed E-state index contributed by atoms with van der Waals surface area (Å²) in [5.41, 5.74) is 2.73. The van der Waals surface area contributed by atoms with Gasteiger partial charge in [-0.15, -0.1) is 0 Å². The number of nitriles is 1. The van der Waals surface area contributed by atoms with Crippen molar-refractivity contribution in [2.45, 2.75) is 13.5 Å². The largest absolute Gasteiger partial charge is 0.508 e. The number of ether oxygens (including phenoxy) is 1. The molecule has 4 heteroatoms. The lowest BCUT2D eigenvalue weighted by Gasteiger charge is -2.11. The predicted octanol–water partition coefficient (Wildman–Crippen LogP) is 3.22. The summed E-state index contributed by atoms with van der Waals surface area (Å²) >= 11 is 0. The molecule has 0 heterocycles. The molecule has 0 radical (unpaired) electrons. The number of phenolic OH excluding ortho intramolecular Hbond substituents is 1. The van der Waals surface area contributed by atoms with E-state index in [0.29, 0.717) is 12.3 Å². The summed E-state index contributed by atoms with van der Waals surface area (Å²) in [5.74, 6) is 0.991. The van der Waals surface area contributed by atoms with E-state index < -0.39 is 0 Å². The van der Waals surface area contributed by atoms with E-state index in [1.165, 1.54) is 0 Å². The third-order valence-corrected chi connectivity index (χ3v) is 2.94.